The average molecular weight is 288 g/mol. The van der Waals surface area contributed by atoms with Crippen molar-refractivity contribution in [3.63, 3.8) is 0 Å². The van der Waals surface area contributed by atoms with Gasteiger partial charge < -0.3 is 10.6 Å². The highest BCUT2D eigenvalue weighted by atomic mass is 19.2. The number of unbranched alkanes of at least 4 members (excludes halogenated alkanes) is 2. The molecular formula is C14H19F3N2O. The van der Waals surface area contributed by atoms with E-state index in [0.717, 1.165) is 19.3 Å². The molecule has 0 heterocycles. The van der Waals surface area contributed by atoms with Gasteiger partial charge >= 0.3 is 0 Å². The van der Waals surface area contributed by atoms with E-state index in [9.17, 15) is 18.0 Å². The van der Waals surface area contributed by atoms with Crippen molar-refractivity contribution in [1.29, 1.82) is 0 Å². The molecule has 0 fully saturated rings. The summed E-state index contributed by atoms with van der Waals surface area (Å²) < 4.78 is 39.2. The molecule has 0 aromatic heterocycles. The van der Waals surface area contributed by atoms with Gasteiger partial charge in [-0.25, -0.2) is 13.2 Å². The van der Waals surface area contributed by atoms with E-state index in [1.54, 1.807) is 0 Å². The Morgan fingerprint density at radius 1 is 1.15 bits per heavy atom. The zero-order valence-corrected chi connectivity index (χ0v) is 11.6. The molecule has 1 amide bonds. The Balaban J connectivity index is 2.55. The summed E-state index contributed by atoms with van der Waals surface area (Å²) in [6, 6.07) is 0.408. The van der Waals surface area contributed by atoms with Gasteiger partial charge in [-0.2, -0.15) is 0 Å². The molecule has 1 unspecified atom stereocenters. The molecule has 20 heavy (non-hydrogen) atoms. The Kier molecular flexibility index (Phi) is 6.35. The van der Waals surface area contributed by atoms with Crippen LogP contribution in [0, 0.1) is 17.5 Å². The van der Waals surface area contributed by atoms with Gasteiger partial charge in [-0.05, 0) is 13.3 Å². The zero-order chi connectivity index (χ0) is 15.1. The van der Waals surface area contributed by atoms with Crippen molar-refractivity contribution in [2.75, 3.05) is 11.9 Å². The number of hydrogen-bond donors (Lipinski definition) is 2. The lowest BCUT2D eigenvalue weighted by Crippen LogP contribution is -2.38. The van der Waals surface area contributed by atoms with Crippen LogP contribution in [0.4, 0.5) is 18.9 Å². The lowest BCUT2D eigenvalue weighted by atomic mass is 10.2. The molecule has 0 saturated heterocycles. The van der Waals surface area contributed by atoms with Crippen LogP contribution in [0.15, 0.2) is 12.1 Å². The average Bonchev–Trinajstić information content (AvgIpc) is 2.40. The van der Waals surface area contributed by atoms with Gasteiger partial charge in [-0.3, -0.25) is 4.79 Å². The summed E-state index contributed by atoms with van der Waals surface area (Å²) in [5.74, 6) is -3.67. The standard InChI is InChI=1S/C14H19F3N2O/c1-3-4-5-6-18-14(20)9(2)19-13-8-11(16)10(15)7-12(13)17/h7-9,19H,3-6H2,1-2H3,(H,18,20). The van der Waals surface area contributed by atoms with Crippen LogP contribution in [0.2, 0.25) is 0 Å². The second kappa shape index (κ2) is 7.77. The van der Waals surface area contributed by atoms with Gasteiger partial charge in [0.25, 0.3) is 0 Å². The minimum atomic E-state index is -1.26. The van der Waals surface area contributed by atoms with Crippen molar-refractivity contribution in [3.8, 4) is 0 Å². The Morgan fingerprint density at radius 2 is 1.80 bits per heavy atom. The van der Waals surface area contributed by atoms with Gasteiger partial charge in [0, 0.05) is 18.7 Å². The highest BCUT2D eigenvalue weighted by molar-refractivity contribution is 5.84. The molecular weight excluding hydrogens is 269 g/mol. The maximum Gasteiger partial charge on any atom is 0.242 e. The third-order valence-corrected chi connectivity index (χ3v) is 2.85. The van der Waals surface area contributed by atoms with Gasteiger partial charge in [0.05, 0.1) is 5.69 Å². The monoisotopic (exact) mass is 288 g/mol. The van der Waals surface area contributed by atoms with E-state index in [2.05, 4.69) is 17.6 Å². The van der Waals surface area contributed by atoms with Gasteiger partial charge in [0.15, 0.2) is 11.6 Å². The minimum Gasteiger partial charge on any atom is -0.371 e. The predicted molar refractivity (Wildman–Crippen MR) is 71.9 cm³/mol. The molecule has 3 nitrogen and oxygen atoms in total. The van der Waals surface area contributed by atoms with Crippen LogP contribution >= 0.6 is 0 Å². The lowest BCUT2D eigenvalue weighted by molar-refractivity contribution is -0.121. The number of rotatable bonds is 7. The molecule has 1 aromatic rings. The van der Waals surface area contributed by atoms with Gasteiger partial charge in [0.2, 0.25) is 5.91 Å². The molecule has 0 aliphatic heterocycles. The maximum atomic E-state index is 13.4. The molecule has 2 N–H and O–H groups in total. The predicted octanol–water partition coefficient (Wildman–Crippen LogP) is 3.21. The molecule has 0 aliphatic carbocycles. The van der Waals surface area contributed by atoms with E-state index in [-0.39, 0.29) is 11.6 Å². The summed E-state index contributed by atoms with van der Waals surface area (Å²) >= 11 is 0. The van der Waals surface area contributed by atoms with Crippen LogP contribution in [0.5, 0.6) is 0 Å². The largest absolute Gasteiger partial charge is 0.371 e. The maximum absolute atomic E-state index is 13.4. The molecule has 6 heteroatoms. The SMILES string of the molecule is CCCCCNC(=O)C(C)Nc1cc(F)c(F)cc1F. The zero-order valence-electron chi connectivity index (χ0n) is 11.6. The fraction of sp³-hybridized carbons (Fsp3) is 0.500. The summed E-state index contributed by atoms with van der Waals surface area (Å²) in [6.45, 7) is 4.12. The smallest absolute Gasteiger partial charge is 0.242 e. The summed E-state index contributed by atoms with van der Waals surface area (Å²) in [6.07, 6.45) is 2.93. The Hall–Kier alpha value is -1.72. The number of anilines is 1. The second-order valence-corrected chi connectivity index (χ2v) is 4.61. The number of carbonyl (C=O) groups is 1. The van der Waals surface area contributed by atoms with E-state index in [1.807, 2.05) is 0 Å². The molecule has 1 rings (SSSR count). The normalized spacial score (nSPS) is 12.1. The van der Waals surface area contributed by atoms with E-state index < -0.39 is 23.5 Å². The van der Waals surface area contributed by atoms with E-state index in [0.29, 0.717) is 18.7 Å². The fourth-order valence-corrected chi connectivity index (χ4v) is 1.67. The summed E-state index contributed by atoms with van der Waals surface area (Å²) in [4.78, 5) is 11.7. The van der Waals surface area contributed by atoms with Gasteiger partial charge in [-0.1, -0.05) is 19.8 Å². The Bertz CT molecular complexity index is 466. The van der Waals surface area contributed by atoms with Gasteiger partial charge in [-0.15, -0.1) is 0 Å². The van der Waals surface area contributed by atoms with Crippen molar-refractivity contribution in [2.45, 2.75) is 39.2 Å². The first-order valence-electron chi connectivity index (χ1n) is 6.64. The molecule has 0 radical (unpaired) electrons. The van der Waals surface area contributed by atoms with Crippen molar-refractivity contribution in [1.82, 2.24) is 5.32 Å². The molecule has 0 bridgehead atoms. The number of nitrogens with one attached hydrogen (secondary N) is 2. The number of hydrogen-bond acceptors (Lipinski definition) is 2. The van der Waals surface area contributed by atoms with Crippen LogP contribution < -0.4 is 10.6 Å². The third-order valence-electron chi connectivity index (χ3n) is 2.85. The first-order chi connectivity index (χ1) is 9.45. The second-order valence-electron chi connectivity index (χ2n) is 4.61. The Morgan fingerprint density at radius 3 is 2.45 bits per heavy atom. The van der Waals surface area contributed by atoms with Crippen molar-refractivity contribution in [2.24, 2.45) is 0 Å². The molecule has 0 saturated carbocycles. The lowest BCUT2D eigenvalue weighted by Gasteiger charge is -2.16. The van der Waals surface area contributed by atoms with Crippen LogP contribution in [0.25, 0.3) is 0 Å². The Labute approximate surface area is 116 Å². The highest BCUT2D eigenvalue weighted by Gasteiger charge is 2.16. The molecule has 1 atom stereocenters. The first-order valence-corrected chi connectivity index (χ1v) is 6.64. The number of halogens is 3. The van der Waals surface area contributed by atoms with E-state index >= 15 is 0 Å². The van der Waals surface area contributed by atoms with Crippen LogP contribution in [0.3, 0.4) is 0 Å². The van der Waals surface area contributed by atoms with E-state index in [4.69, 9.17) is 0 Å². The van der Waals surface area contributed by atoms with Crippen molar-refractivity contribution in [3.05, 3.63) is 29.6 Å². The van der Waals surface area contributed by atoms with Crippen LogP contribution in [-0.4, -0.2) is 18.5 Å². The highest BCUT2D eigenvalue weighted by Crippen LogP contribution is 2.19. The minimum absolute atomic E-state index is 0.236. The first kappa shape index (κ1) is 16.3. The van der Waals surface area contributed by atoms with Crippen LogP contribution in [-0.2, 0) is 4.79 Å². The summed E-state index contributed by atoms with van der Waals surface area (Å²) in [5.41, 5.74) is -0.236. The number of amides is 1. The molecule has 0 aliphatic rings. The third kappa shape index (κ3) is 4.75. The summed E-state index contributed by atoms with van der Waals surface area (Å²) in [5, 5.41) is 5.22. The van der Waals surface area contributed by atoms with Crippen LogP contribution in [0.1, 0.15) is 33.1 Å². The number of carbonyl (C=O) groups excluding carboxylic acids is 1. The molecule has 112 valence electrons. The molecule has 0 spiro atoms. The topological polar surface area (TPSA) is 41.1 Å². The molecule has 1 aromatic carbocycles. The van der Waals surface area contributed by atoms with Crippen molar-refractivity contribution >= 4 is 11.6 Å². The van der Waals surface area contributed by atoms with E-state index in [1.165, 1.54) is 6.92 Å². The quantitative estimate of drug-likeness (QED) is 0.597. The van der Waals surface area contributed by atoms with Crippen molar-refractivity contribution < 1.29 is 18.0 Å². The number of benzene rings is 1. The van der Waals surface area contributed by atoms with Gasteiger partial charge in [0.1, 0.15) is 11.9 Å². The summed E-state index contributed by atoms with van der Waals surface area (Å²) in [7, 11) is 0. The fourth-order valence-electron chi connectivity index (χ4n) is 1.67.